The van der Waals surface area contributed by atoms with Crippen LogP contribution in [0.1, 0.15) is 42.8 Å². The van der Waals surface area contributed by atoms with Crippen LogP contribution in [0.4, 0.5) is 0 Å². The molecule has 0 saturated carbocycles. The number of benzene rings is 1. The van der Waals surface area contributed by atoms with Crippen LogP contribution in [-0.4, -0.2) is 35.1 Å². The van der Waals surface area contributed by atoms with Gasteiger partial charge in [0.1, 0.15) is 11.6 Å². The molecule has 0 radical (unpaired) electrons. The molecule has 5 nitrogen and oxygen atoms in total. The van der Waals surface area contributed by atoms with Crippen molar-refractivity contribution in [3.8, 4) is 5.75 Å². The van der Waals surface area contributed by atoms with E-state index in [2.05, 4.69) is 20.9 Å². The number of aryl methyl sites for hydroxylation is 1. The monoisotopic (exact) mass is 327 g/mol. The molecule has 2 heterocycles. The maximum atomic E-state index is 11.8. The van der Waals surface area contributed by atoms with E-state index in [-0.39, 0.29) is 11.5 Å². The molecule has 1 aliphatic rings. The number of nitrogens with zero attached hydrogens (tertiary/aromatic N) is 2. The van der Waals surface area contributed by atoms with Crippen molar-refractivity contribution in [2.24, 2.45) is 0 Å². The molecule has 1 atom stereocenters. The van der Waals surface area contributed by atoms with E-state index in [1.165, 1.54) is 5.56 Å². The second kappa shape index (κ2) is 7.62. The van der Waals surface area contributed by atoms with Gasteiger partial charge in [-0.2, -0.15) is 0 Å². The zero-order valence-corrected chi connectivity index (χ0v) is 14.4. The molecule has 5 heteroatoms. The molecule has 0 unspecified atom stereocenters. The first-order chi connectivity index (χ1) is 11.7. The van der Waals surface area contributed by atoms with Crippen molar-refractivity contribution in [1.82, 2.24) is 14.9 Å². The molecule has 1 aliphatic heterocycles. The predicted molar refractivity (Wildman–Crippen MR) is 94.5 cm³/mol. The largest absolute Gasteiger partial charge is 0.496 e. The zero-order valence-electron chi connectivity index (χ0n) is 14.4. The molecule has 1 aromatic heterocycles. The number of methoxy groups -OCH3 is 1. The molecule has 3 rings (SSSR count). The van der Waals surface area contributed by atoms with E-state index in [4.69, 9.17) is 4.74 Å². The normalized spacial score (nSPS) is 18.5. The van der Waals surface area contributed by atoms with Crippen molar-refractivity contribution >= 4 is 0 Å². The summed E-state index contributed by atoms with van der Waals surface area (Å²) in [4.78, 5) is 21.8. The maximum Gasteiger partial charge on any atom is 0.251 e. The van der Waals surface area contributed by atoms with Crippen molar-refractivity contribution in [1.29, 1.82) is 0 Å². The third kappa shape index (κ3) is 3.85. The SMILES string of the molecule is CCc1cc(=O)[nH]c([C@@H]2CCCN(Cc3ccccc3OC)C2)n1. The molecule has 128 valence electrons. The summed E-state index contributed by atoms with van der Waals surface area (Å²) in [6.07, 6.45) is 2.97. The highest BCUT2D eigenvalue weighted by atomic mass is 16.5. The average molecular weight is 327 g/mol. The van der Waals surface area contributed by atoms with Crippen LogP contribution in [0.15, 0.2) is 35.1 Å². The third-order valence-corrected chi connectivity index (χ3v) is 4.65. The number of ether oxygens (including phenoxy) is 1. The van der Waals surface area contributed by atoms with Gasteiger partial charge in [-0.15, -0.1) is 0 Å². The van der Waals surface area contributed by atoms with Crippen LogP contribution in [0.2, 0.25) is 0 Å². The molecule has 0 spiro atoms. The number of aromatic nitrogens is 2. The molecule has 0 aliphatic carbocycles. The Kier molecular flexibility index (Phi) is 5.30. The molecule has 2 aromatic rings. The lowest BCUT2D eigenvalue weighted by atomic mass is 9.96. The summed E-state index contributed by atoms with van der Waals surface area (Å²) in [6, 6.07) is 9.75. The Morgan fingerprint density at radius 2 is 2.21 bits per heavy atom. The summed E-state index contributed by atoms with van der Waals surface area (Å²) in [5.41, 5.74) is 2.03. The predicted octanol–water partition coefficient (Wildman–Crippen LogP) is 2.72. The summed E-state index contributed by atoms with van der Waals surface area (Å²) in [6.45, 7) is 4.86. The number of piperidine rings is 1. The van der Waals surface area contributed by atoms with Crippen LogP contribution in [0.25, 0.3) is 0 Å². The van der Waals surface area contributed by atoms with Crippen LogP contribution in [0.3, 0.4) is 0 Å². The molecule has 1 fully saturated rings. The Morgan fingerprint density at radius 3 is 3.00 bits per heavy atom. The molecule has 1 saturated heterocycles. The summed E-state index contributed by atoms with van der Waals surface area (Å²) in [5.74, 6) is 2.05. The minimum atomic E-state index is -0.0429. The van der Waals surface area contributed by atoms with E-state index in [0.29, 0.717) is 0 Å². The van der Waals surface area contributed by atoms with E-state index in [1.807, 2.05) is 25.1 Å². The topological polar surface area (TPSA) is 58.2 Å². The lowest BCUT2D eigenvalue weighted by Gasteiger charge is -2.32. The highest BCUT2D eigenvalue weighted by Crippen LogP contribution is 2.27. The number of para-hydroxylation sites is 1. The van der Waals surface area contributed by atoms with Crippen molar-refractivity contribution in [2.75, 3.05) is 20.2 Å². The Bertz CT molecular complexity index is 741. The quantitative estimate of drug-likeness (QED) is 0.917. The van der Waals surface area contributed by atoms with Gasteiger partial charge in [0.2, 0.25) is 0 Å². The molecule has 24 heavy (non-hydrogen) atoms. The van der Waals surface area contributed by atoms with Crippen molar-refractivity contribution in [2.45, 2.75) is 38.6 Å². The van der Waals surface area contributed by atoms with Gasteiger partial charge in [-0.25, -0.2) is 4.98 Å². The number of rotatable bonds is 5. The Morgan fingerprint density at radius 1 is 1.38 bits per heavy atom. The van der Waals surface area contributed by atoms with E-state index in [9.17, 15) is 4.79 Å². The first-order valence-electron chi connectivity index (χ1n) is 8.64. The molecule has 0 amide bonds. The van der Waals surface area contributed by atoms with Gasteiger partial charge in [0.15, 0.2) is 0 Å². The fraction of sp³-hybridized carbons (Fsp3) is 0.474. The summed E-state index contributed by atoms with van der Waals surface area (Å²) in [5, 5.41) is 0. The van der Waals surface area contributed by atoms with Crippen molar-refractivity contribution in [3.63, 3.8) is 0 Å². The first-order valence-corrected chi connectivity index (χ1v) is 8.64. The number of H-pyrrole nitrogens is 1. The summed E-state index contributed by atoms with van der Waals surface area (Å²) >= 11 is 0. The van der Waals surface area contributed by atoms with E-state index >= 15 is 0 Å². The first kappa shape index (κ1) is 16.7. The average Bonchev–Trinajstić information content (AvgIpc) is 2.62. The van der Waals surface area contributed by atoms with Crippen molar-refractivity contribution < 1.29 is 4.74 Å². The lowest BCUT2D eigenvalue weighted by molar-refractivity contribution is 0.194. The van der Waals surface area contributed by atoms with Crippen molar-refractivity contribution in [3.05, 3.63) is 57.8 Å². The van der Waals surface area contributed by atoms with Gasteiger partial charge in [-0.1, -0.05) is 25.1 Å². The van der Waals surface area contributed by atoms with Gasteiger partial charge < -0.3 is 9.72 Å². The smallest absolute Gasteiger partial charge is 0.251 e. The van der Waals surface area contributed by atoms with Gasteiger partial charge >= 0.3 is 0 Å². The second-order valence-corrected chi connectivity index (χ2v) is 6.36. The van der Waals surface area contributed by atoms with Crippen LogP contribution < -0.4 is 10.3 Å². The van der Waals surface area contributed by atoms with Gasteiger partial charge in [-0.05, 0) is 31.9 Å². The molecular weight excluding hydrogens is 302 g/mol. The van der Waals surface area contributed by atoms with Gasteiger partial charge in [-0.3, -0.25) is 9.69 Å². The fourth-order valence-corrected chi connectivity index (χ4v) is 3.40. The van der Waals surface area contributed by atoms with Crippen LogP contribution >= 0.6 is 0 Å². The van der Waals surface area contributed by atoms with Crippen LogP contribution in [0.5, 0.6) is 5.75 Å². The Labute approximate surface area is 142 Å². The van der Waals surface area contributed by atoms with Crippen LogP contribution in [-0.2, 0) is 13.0 Å². The zero-order chi connectivity index (χ0) is 16.9. The van der Waals surface area contributed by atoms with E-state index < -0.39 is 0 Å². The second-order valence-electron chi connectivity index (χ2n) is 6.36. The molecule has 1 aromatic carbocycles. The van der Waals surface area contributed by atoms with E-state index in [1.54, 1.807) is 13.2 Å². The number of nitrogens with one attached hydrogen (secondary N) is 1. The number of hydrogen-bond acceptors (Lipinski definition) is 4. The van der Waals surface area contributed by atoms with E-state index in [0.717, 1.165) is 56.2 Å². The Balaban J connectivity index is 1.75. The highest BCUT2D eigenvalue weighted by molar-refractivity contribution is 5.33. The van der Waals surface area contributed by atoms with Gasteiger partial charge in [0.05, 0.1) is 7.11 Å². The standard InChI is InChI=1S/C19H25N3O2/c1-3-16-11-18(23)21-19(20-16)15-8-6-10-22(13-15)12-14-7-4-5-9-17(14)24-2/h4-5,7,9,11,15H,3,6,8,10,12-13H2,1-2H3,(H,20,21,23)/t15-/m1/s1. The summed E-state index contributed by atoms with van der Waals surface area (Å²) in [7, 11) is 1.71. The molecule has 0 bridgehead atoms. The highest BCUT2D eigenvalue weighted by Gasteiger charge is 2.24. The molecular formula is C19H25N3O2. The van der Waals surface area contributed by atoms with Crippen LogP contribution in [0, 0.1) is 0 Å². The number of likely N-dealkylation sites (tertiary alicyclic amines) is 1. The molecule has 1 N–H and O–H groups in total. The minimum Gasteiger partial charge on any atom is -0.496 e. The lowest BCUT2D eigenvalue weighted by Crippen LogP contribution is -2.35. The number of hydrogen-bond donors (Lipinski definition) is 1. The number of aromatic amines is 1. The minimum absolute atomic E-state index is 0.0429. The van der Waals surface area contributed by atoms with Gasteiger partial charge in [0.25, 0.3) is 5.56 Å². The third-order valence-electron chi connectivity index (χ3n) is 4.65. The fourth-order valence-electron chi connectivity index (χ4n) is 3.40. The summed E-state index contributed by atoms with van der Waals surface area (Å²) < 4.78 is 5.46. The maximum absolute atomic E-state index is 11.8. The van der Waals surface area contributed by atoms with Gasteiger partial charge in [0, 0.05) is 36.3 Å². The Hall–Kier alpha value is -2.14.